The van der Waals surface area contributed by atoms with Gasteiger partial charge in [-0.2, -0.15) is 9.57 Å². The molecule has 0 spiro atoms. The van der Waals surface area contributed by atoms with Crippen molar-refractivity contribution < 1.29 is 8.42 Å². The van der Waals surface area contributed by atoms with Gasteiger partial charge in [-0.3, -0.25) is 0 Å². The molecule has 0 saturated carbocycles. The number of rotatable bonds is 4. The Bertz CT molecular complexity index is 514. The minimum absolute atomic E-state index is 0.222. The van der Waals surface area contributed by atoms with E-state index in [9.17, 15) is 8.42 Å². The van der Waals surface area contributed by atoms with E-state index in [4.69, 9.17) is 5.26 Å². The van der Waals surface area contributed by atoms with Gasteiger partial charge in [0.15, 0.2) is 0 Å². The van der Waals surface area contributed by atoms with Crippen molar-refractivity contribution in [1.82, 2.24) is 4.31 Å². The van der Waals surface area contributed by atoms with Crippen LogP contribution in [0.2, 0.25) is 0 Å². The second-order valence-corrected chi connectivity index (χ2v) is 5.82. The van der Waals surface area contributed by atoms with Crippen molar-refractivity contribution in [3.63, 3.8) is 0 Å². The first-order valence-electron chi connectivity index (χ1n) is 5.40. The summed E-state index contributed by atoms with van der Waals surface area (Å²) in [6.45, 7) is 3.56. The summed E-state index contributed by atoms with van der Waals surface area (Å²) in [4.78, 5) is 0.222. The maximum absolute atomic E-state index is 12.1. The molecule has 17 heavy (non-hydrogen) atoms. The van der Waals surface area contributed by atoms with Crippen LogP contribution in [-0.4, -0.2) is 25.8 Å². The van der Waals surface area contributed by atoms with E-state index in [1.54, 1.807) is 31.2 Å². The van der Waals surface area contributed by atoms with E-state index in [0.29, 0.717) is 0 Å². The Morgan fingerprint density at radius 2 is 1.88 bits per heavy atom. The lowest BCUT2D eigenvalue weighted by atomic mass is 10.2. The van der Waals surface area contributed by atoms with Crippen molar-refractivity contribution in [2.45, 2.75) is 31.2 Å². The fourth-order valence-corrected chi connectivity index (χ4v) is 2.63. The van der Waals surface area contributed by atoms with Crippen LogP contribution in [0.15, 0.2) is 29.2 Å². The maximum Gasteiger partial charge on any atom is 0.243 e. The maximum atomic E-state index is 12.1. The van der Waals surface area contributed by atoms with Gasteiger partial charge in [-0.05, 0) is 31.0 Å². The van der Waals surface area contributed by atoms with Crippen LogP contribution in [0.4, 0.5) is 0 Å². The third kappa shape index (κ3) is 2.84. The van der Waals surface area contributed by atoms with E-state index < -0.39 is 16.1 Å². The molecule has 0 bridgehead atoms. The van der Waals surface area contributed by atoms with Crippen molar-refractivity contribution in [2.24, 2.45) is 0 Å². The molecule has 92 valence electrons. The third-order valence-corrected chi connectivity index (χ3v) is 4.68. The summed E-state index contributed by atoms with van der Waals surface area (Å²) >= 11 is 0. The third-order valence-electron chi connectivity index (χ3n) is 2.74. The standard InChI is InChI=1S/C12H16N2O2S/c1-4-11-5-7-12(8-6-11)17(15,16)14(3)10(2)9-13/h5-8,10H,4H2,1-3H3. The molecule has 0 aromatic heterocycles. The lowest BCUT2D eigenvalue weighted by molar-refractivity contribution is 0.442. The predicted molar refractivity (Wildman–Crippen MR) is 65.8 cm³/mol. The molecule has 0 radical (unpaired) electrons. The lowest BCUT2D eigenvalue weighted by Crippen LogP contribution is -2.34. The highest BCUT2D eigenvalue weighted by atomic mass is 32.2. The molecule has 1 rings (SSSR count). The smallest absolute Gasteiger partial charge is 0.207 e. The van der Waals surface area contributed by atoms with E-state index >= 15 is 0 Å². The molecule has 4 nitrogen and oxygen atoms in total. The Morgan fingerprint density at radius 3 is 2.29 bits per heavy atom. The van der Waals surface area contributed by atoms with Crippen molar-refractivity contribution in [2.75, 3.05) is 7.05 Å². The Labute approximate surface area is 103 Å². The highest BCUT2D eigenvalue weighted by molar-refractivity contribution is 7.89. The van der Waals surface area contributed by atoms with Crippen LogP contribution in [0.1, 0.15) is 19.4 Å². The second-order valence-electron chi connectivity index (χ2n) is 3.82. The summed E-state index contributed by atoms with van der Waals surface area (Å²) in [5.41, 5.74) is 1.08. The van der Waals surface area contributed by atoms with Crippen LogP contribution in [0, 0.1) is 11.3 Å². The highest BCUT2D eigenvalue weighted by Gasteiger charge is 2.24. The average molecular weight is 252 g/mol. The number of sulfonamides is 1. The van der Waals surface area contributed by atoms with Gasteiger partial charge in [0.05, 0.1) is 11.0 Å². The summed E-state index contributed by atoms with van der Waals surface area (Å²) < 4.78 is 25.3. The van der Waals surface area contributed by atoms with Gasteiger partial charge in [0.1, 0.15) is 6.04 Å². The molecule has 0 aliphatic carbocycles. The lowest BCUT2D eigenvalue weighted by Gasteiger charge is -2.19. The van der Waals surface area contributed by atoms with Crippen LogP contribution in [0.25, 0.3) is 0 Å². The van der Waals surface area contributed by atoms with E-state index in [1.807, 2.05) is 13.0 Å². The van der Waals surface area contributed by atoms with E-state index in [-0.39, 0.29) is 4.90 Å². The van der Waals surface area contributed by atoms with Crippen molar-refractivity contribution in [3.05, 3.63) is 29.8 Å². The largest absolute Gasteiger partial charge is 0.243 e. The van der Waals surface area contributed by atoms with Crippen LogP contribution in [-0.2, 0) is 16.4 Å². The zero-order chi connectivity index (χ0) is 13.1. The molecule has 0 heterocycles. The molecule has 0 fully saturated rings. The first-order chi connectivity index (χ1) is 7.93. The normalized spacial score (nSPS) is 13.4. The van der Waals surface area contributed by atoms with Gasteiger partial charge in [0.25, 0.3) is 0 Å². The summed E-state index contributed by atoms with van der Waals surface area (Å²) in [6, 6.07) is 7.97. The summed E-state index contributed by atoms with van der Waals surface area (Å²) in [5, 5.41) is 8.74. The molecule has 0 amide bonds. The molecule has 5 heteroatoms. The molecule has 1 aromatic rings. The summed E-state index contributed by atoms with van der Waals surface area (Å²) in [6.07, 6.45) is 0.866. The summed E-state index contributed by atoms with van der Waals surface area (Å²) in [5.74, 6) is 0. The van der Waals surface area contributed by atoms with Crippen molar-refractivity contribution in [1.29, 1.82) is 5.26 Å². The van der Waals surface area contributed by atoms with Gasteiger partial charge in [-0.1, -0.05) is 19.1 Å². The quantitative estimate of drug-likeness (QED) is 0.820. The number of nitrogens with zero attached hydrogens (tertiary/aromatic N) is 2. The van der Waals surface area contributed by atoms with Crippen LogP contribution >= 0.6 is 0 Å². The van der Waals surface area contributed by atoms with Gasteiger partial charge < -0.3 is 0 Å². The Morgan fingerprint density at radius 1 is 1.35 bits per heavy atom. The topological polar surface area (TPSA) is 61.2 Å². The number of hydrogen-bond donors (Lipinski definition) is 0. The van der Waals surface area contributed by atoms with Gasteiger partial charge in [0, 0.05) is 7.05 Å². The predicted octanol–water partition coefficient (Wildman–Crippen LogP) is 1.78. The average Bonchev–Trinajstić information content (AvgIpc) is 2.36. The van der Waals surface area contributed by atoms with E-state index in [1.165, 1.54) is 7.05 Å². The monoisotopic (exact) mass is 252 g/mol. The molecule has 0 aliphatic rings. The fraction of sp³-hybridized carbons (Fsp3) is 0.417. The molecule has 0 N–H and O–H groups in total. The zero-order valence-corrected chi connectivity index (χ0v) is 11.0. The van der Waals surface area contributed by atoms with Crippen LogP contribution < -0.4 is 0 Å². The molecular formula is C12H16N2O2S. The van der Waals surface area contributed by atoms with Gasteiger partial charge in [-0.25, -0.2) is 8.42 Å². The highest BCUT2D eigenvalue weighted by Crippen LogP contribution is 2.17. The zero-order valence-electron chi connectivity index (χ0n) is 10.2. The molecular weight excluding hydrogens is 236 g/mol. The number of benzene rings is 1. The molecule has 1 unspecified atom stereocenters. The van der Waals surface area contributed by atoms with E-state index in [0.717, 1.165) is 16.3 Å². The van der Waals surface area contributed by atoms with Gasteiger partial charge in [-0.15, -0.1) is 0 Å². The summed E-state index contributed by atoms with van der Waals surface area (Å²) in [7, 11) is -2.15. The first kappa shape index (κ1) is 13.7. The van der Waals surface area contributed by atoms with Gasteiger partial charge in [0.2, 0.25) is 10.0 Å². The second kappa shape index (κ2) is 5.30. The Hall–Kier alpha value is -1.38. The Kier molecular flexibility index (Phi) is 4.27. The Balaban J connectivity index is 3.09. The molecule has 1 atom stereocenters. The minimum atomic E-state index is -3.56. The molecule has 0 saturated heterocycles. The first-order valence-corrected chi connectivity index (χ1v) is 6.84. The number of nitriles is 1. The molecule has 1 aromatic carbocycles. The number of aryl methyl sites for hydroxylation is 1. The fourth-order valence-electron chi connectivity index (χ4n) is 1.35. The van der Waals surface area contributed by atoms with Crippen LogP contribution in [0.5, 0.6) is 0 Å². The SMILES string of the molecule is CCc1ccc(S(=O)(=O)N(C)C(C)C#N)cc1. The van der Waals surface area contributed by atoms with Gasteiger partial charge >= 0.3 is 0 Å². The van der Waals surface area contributed by atoms with Crippen LogP contribution in [0.3, 0.4) is 0 Å². The van der Waals surface area contributed by atoms with E-state index in [2.05, 4.69) is 0 Å². The number of hydrogen-bond acceptors (Lipinski definition) is 3. The molecule has 0 aliphatic heterocycles. The van der Waals surface area contributed by atoms with Crippen molar-refractivity contribution in [3.8, 4) is 6.07 Å². The minimum Gasteiger partial charge on any atom is -0.207 e. The van der Waals surface area contributed by atoms with Crippen molar-refractivity contribution >= 4 is 10.0 Å².